The van der Waals surface area contributed by atoms with E-state index in [1.807, 2.05) is 0 Å². The summed E-state index contributed by atoms with van der Waals surface area (Å²) in [6, 6.07) is 9.60. The number of hydrogen-bond donors (Lipinski definition) is 1. The van der Waals surface area contributed by atoms with Crippen molar-refractivity contribution in [1.29, 1.82) is 0 Å². The van der Waals surface area contributed by atoms with E-state index in [4.69, 9.17) is 25.8 Å². The van der Waals surface area contributed by atoms with Gasteiger partial charge in [-0.2, -0.15) is 0 Å². The smallest absolute Gasteiger partial charge is 0.242 e. The second-order valence-electron chi connectivity index (χ2n) is 4.79. The Bertz CT molecular complexity index is 798. The van der Waals surface area contributed by atoms with Gasteiger partial charge in [-0.3, -0.25) is 0 Å². The second-order valence-corrected chi connectivity index (χ2v) is 6.93. The predicted octanol–water partition coefficient (Wildman–Crippen LogP) is 2.84. The highest BCUT2D eigenvalue weighted by molar-refractivity contribution is 7.89. The SMILES string of the molecule is COc1cc(CNS(=O)(=O)c2ccccc2Cl)cc(OC)c1OC. The van der Waals surface area contributed by atoms with Gasteiger partial charge in [0.2, 0.25) is 15.8 Å². The van der Waals surface area contributed by atoms with Crippen LogP contribution >= 0.6 is 11.6 Å². The Morgan fingerprint density at radius 3 is 2.08 bits per heavy atom. The molecule has 0 amide bonds. The molecule has 0 spiro atoms. The Morgan fingerprint density at radius 2 is 1.58 bits per heavy atom. The summed E-state index contributed by atoms with van der Waals surface area (Å²) >= 11 is 5.95. The van der Waals surface area contributed by atoms with Gasteiger partial charge in [-0.15, -0.1) is 0 Å². The summed E-state index contributed by atoms with van der Waals surface area (Å²) in [6.07, 6.45) is 0. The van der Waals surface area contributed by atoms with Crippen molar-refractivity contribution >= 4 is 21.6 Å². The Morgan fingerprint density at radius 1 is 1.00 bits per heavy atom. The Hall–Kier alpha value is -1.96. The molecule has 130 valence electrons. The topological polar surface area (TPSA) is 73.9 Å². The van der Waals surface area contributed by atoms with Gasteiger partial charge in [0, 0.05) is 6.54 Å². The molecule has 0 radical (unpaired) electrons. The molecule has 0 atom stereocenters. The molecule has 0 aliphatic rings. The van der Waals surface area contributed by atoms with Crippen LogP contribution in [0.2, 0.25) is 5.02 Å². The molecule has 0 bridgehead atoms. The van der Waals surface area contributed by atoms with Crippen LogP contribution in [0.1, 0.15) is 5.56 Å². The van der Waals surface area contributed by atoms with Crippen LogP contribution in [0.4, 0.5) is 0 Å². The van der Waals surface area contributed by atoms with Crippen LogP contribution in [-0.4, -0.2) is 29.7 Å². The monoisotopic (exact) mass is 371 g/mol. The number of methoxy groups -OCH3 is 3. The molecule has 0 aliphatic carbocycles. The molecule has 24 heavy (non-hydrogen) atoms. The minimum Gasteiger partial charge on any atom is -0.493 e. The van der Waals surface area contributed by atoms with Crippen molar-refractivity contribution in [2.24, 2.45) is 0 Å². The standard InChI is InChI=1S/C16H18ClNO5S/c1-21-13-8-11(9-14(22-2)16(13)23-3)10-18-24(19,20)15-7-5-4-6-12(15)17/h4-9,18H,10H2,1-3H3. The van der Waals surface area contributed by atoms with Crippen molar-refractivity contribution in [3.63, 3.8) is 0 Å². The zero-order valence-corrected chi connectivity index (χ0v) is 15.1. The first-order valence-corrected chi connectivity index (χ1v) is 8.82. The Labute approximate surface area is 146 Å². The third kappa shape index (κ3) is 3.92. The van der Waals surface area contributed by atoms with E-state index in [2.05, 4.69) is 4.72 Å². The number of ether oxygens (including phenoxy) is 3. The van der Waals surface area contributed by atoms with E-state index >= 15 is 0 Å². The van der Waals surface area contributed by atoms with Crippen molar-refractivity contribution < 1.29 is 22.6 Å². The van der Waals surface area contributed by atoms with Gasteiger partial charge in [0.1, 0.15) is 4.90 Å². The Balaban J connectivity index is 2.27. The second kappa shape index (κ2) is 7.74. The summed E-state index contributed by atoms with van der Waals surface area (Å²) in [6.45, 7) is 0.0459. The third-order valence-corrected chi connectivity index (χ3v) is 5.22. The van der Waals surface area contributed by atoms with Gasteiger partial charge in [-0.05, 0) is 29.8 Å². The summed E-state index contributed by atoms with van der Waals surface area (Å²) in [5.74, 6) is 1.34. The van der Waals surface area contributed by atoms with Crippen LogP contribution in [0, 0.1) is 0 Å². The summed E-state index contributed by atoms with van der Waals surface area (Å²) in [7, 11) is 0.751. The highest BCUT2D eigenvalue weighted by Crippen LogP contribution is 2.38. The van der Waals surface area contributed by atoms with Gasteiger partial charge >= 0.3 is 0 Å². The average molecular weight is 372 g/mol. The molecule has 0 fully saturated rings. The molecule has 0 unspecified atom stereocenters. The van der Waals surface area contributed by atoms with Gasteiger partial charge in [0.05, 0.1) is 26.4 Å². The molecule has 0 aliphatic heterocycles. The lowest BCUT2D eigenvalue weighted by Crippen LogP contribution is -2.23. The molecule has 0 saturated heterocycles. The fraction of sp³-hybridized carbons (Fsp3) is 0.250. The van der Waals surface area contributed by atoms with Gasteiger partial charge in [-0.1, -0.05) is 23.7 Å². The number of halogens is 1. The number of rotatable bonds is 7. The highest BCUT2D eigenvalue weighted by Gasteiger charge is 2.18. The molecule has 2 rings (SSSR count). The van der Waals surface area contributed by atoms with Crippen LogP contribution in [-0.2, 0) is 16.6 Å². The van der Waals surface area contributed by atoms with Crippen molar-refractivity contribution in [3.8, 4) is 17.2 Å². The molecular weight excluding hydrogens is 354 g/mol. The number of nitrogens with one attached hydrogen (secondary N) is 1. The van der Waals surface area contributed by atoms with E-state index in [-0.39, 0.29) is 16.5 Å². The molecule has 0 heterocycles. The average Bonchev–Trinajstić information content (AvgIpc) is 2.59. The molecule has 0 saturated carbocycles. The third-order valence-electron chi connectivity index (χ3n) is 3.32. The maximum atomic E-state index is 12.4. The van der Waals surface area contributed by atoms with Gasteiger partial charge in [-0.25, -0.2) is 13.1 Å². The molecule has 0 aromatic heterocycles. The van der Waals surface area contributed by atoms with Crippen molar-refractivity contribution in [2.45, 2.75) is 11.4 Å². The largest absolute Gasteiger partial charge is 0.493 e. The first-order valence-electron chi connectivity index (χ1n) is 6.96. The van der Waals surface area contributed by atoms with E-state index in [0.29, 0.717) is 22.8 Å². The molecule has 1 N–H and O–H groups in total. The van der Waals surface area contributed by atoms with Crippen LogP contribution in [0.3, 0.4) is 0 Å². The lowest BCUT2D eigenvalue weighted by Gasteiger charge is -2.14. The fourth-order valence-electron chi connectivity index (χ4n) is 2.16. The van der Waals surface area contributed by atoms with Crippen LogP contribution in [0.5, 0.6) is 17.2 Å². The van der Waals surface area contributed by atoms with E-state index in [0.717, 1.165) is 0 Å². The quantitative estimate of drug-likeness (QED) is 0.810. The van der Waals surface area contributed by atoms with Crippen LogP contribution in [0.15, 0.2) is 41.3 Å². The number of sulfonamides is 1. The minimum absolute atomic E-state index is 0.0270. The summed E-state index contributed by atoms with van der Waals surface area (Å²) in [5.41, 5.74) is 0.653. The number of benzene rings is 2. The first-order chi connectivity index (χ1) is 11.4. The maximum Gasteiger partial charge on any atom is 0.242 e. The molecule has 8 heteroatoms. The normalized spacial score (nSPS) is 11.2. The van der Waals surface area contributed by atoms with E-state index in [1.165, 1.54) is 33.5 Å². The van der Waals surface area contributed by atoms with Crippen molar-refractivity contribution in [2.75, 3.05) is 21.3 Å². The number of hydrogen-bond acceptors (Lipinski definition) is 5. The summed E-state index contributed by atoms with van der Waals surface area (Å²) in [5, 5.41) is 0.162. The van der Waals surface area contributed by atoms with Crippen LogP contribution < -0.4 is 18.9 Å². The van der Waals surface area contributed by atoms with Gasteiger partial charge in [0.15, 0.2) is 11.5 Å². The zero-order chi connectivity index (χ0) is 17.7. The van der Waals surface area contributed by atoms with Crippen molar-refractivity contribution in [3.05, 3.63) is 47.0 Å². The minimum atomic E-state index is -3.74. The first kappa shape index (κ1) is 18.4. The zero-order valence-electron chi connectivity index (χ0n) is 13.5. The van der Waals surface area contributed by atoms with Crippen LogP contribution in [0.25, 0.3) is 0 Å². The van der Waals surface area contributed by atoms with E-state index < -0.39 is 10.0 Å². The lowest BCUT2D eigenvalue weighted by atomic mass is 10.2. The lowest BCUT2D eigenvalue weighted by molar-refractivity contribution is 0.323. The van der Waals surface area contributed by atoms with Crippen molar-refractivity contribution in [1.82, 2.24) is 4.72 Å². The molecule has 2 aromatic rings. The Kier molecular flexibility index (Phi) is 5.93. The van der Waals surface area contributed by atoms with E-state index in [1.54, 1.807) is 24.3 Å². The fourth-order valence-corrected chi connectivity index (χ4v) is 3.69. The van der Waals surface area contributed by atoms with E-state index in [9.17, 15) is 8.42 Å². The molecule has 6 nitrogen and oxygen atoms in total. The van der Waals surface area contributed by atoms with Gasteiger partial charge < -0.3 is 14.2 Å². The maximum absolute atomic E-state index is 12.4. The summed E-state index contributed by atoms with van der Waals surface area (Å²) < 4.78 is 43.0. The predicted molar refractivity (Wildman–Crippen MR) is 91.6 cm³/mol. The molecule has 2 aromatic carbocycles. The highest BCUT2D eigenvalue weighted by atomic mass is 35.5. The summed E-state index contributed by atoms with van der Waals surface area (Å²) in [4.78, 5) is 0.0270. The van der Waals surface area contributed by atoms with Gasteiger partial charge in [0.25, 0.3) is 0 Å². The molecular formula is C16H18ClNO5S.